The van der Waals surface area contributed by atoms with Gasteiger partial charge in [0.15, 0.2) is 0 Å². The van der Waals surface area contributed by atoms with Crippen LogP contribution in [0, 0.1) is 17.5 Å². The Morgan fingerprint density at radius 1 is 1.13 bits per heavy atom. The van der Waals surface area contributed by atoms with Crippen molar-refractivity contribution in [1.29, 1.82) is 0 Å². The van der Waals surface area contributed by atoms with Crippen molar-refractivity contribution in [1.82, 2.24) is 0 Å². The average molecular weight is 214 g/mol. The van der Waals surface area contributed by atoms with Crippen molar-refractivity contribution in [3.8, 4) is 0 Å². The van der Waals surface area contributed by atoms with E-state index in [0.717, 1.165) is 0 Å². The lowest BCUT2D eigenvalue weighted by atomic mass is 10.1. The van der Waals surface area contributed by atoms with Crippen LogP contribution >= 0.6 is 0 Å². The largest absolute Gasteiger partial charge is 0.458 e. The summed E-state index contributed by atoms with van der Waals surface area (Å²) < 4.78 is 43.5. The molecule has 0 unspecified atom stereocenters. The molecule has 0 aromatic heterocycles. The number of benzene rings is 1. The van der Waals surface area contributed by atoms with Gasteiger partial charge in [0.1, 0.15) is 24.1 Å². The van der Waals surface area contributed by atoms with Crippen LogP contribution in [0.3, 0.4) is 0 Å². The maximum absolute atomic E-state index is 13.2. The van der Waals surface area contributed by atoms with Crippen LogP contribution in [0.4, 0.5) is 13.2 Å². The summed E-state index contributed by atoms with van der Waals surface area (Å²) in [7, 11) is 0. The molecule has 0 radical (unpaired) electrons. The number of halogens is 3. The normalized spacial score (nSPS) is 15.1. The highest BCUT2D eigenvalue weighted by molar-refractivity contribution is 6.18. The molecule has 0 aliphatic carbocycles. The Morgan fingerprint density at radius 2 is 1.73 bits per heavy atom. The van der Waals surface area contributed by atoms with E-state index in [2.05, 4.69) is 4.74 Å². The van der Waals surface area contributed by atoms with E-state index >= 15 is 0 Å². The van der Waals surface area contributed by atoms with Crippen molar-refractivity contribution in [2.24, 2.45) is 0 Å². The Balaban J connectivity index is 2.58. The first-order valence-electron chi connectivity index (χ1n) is 4.12. The van der Waals surface area contributed by atoms with E-state index in [4.69, 9.17) is 0 Å². The SMILES string of the molecule is O=C1OCC=C1c1c(F)cc(F)cc1F. The van der Waals surface area contributed by atoms with E-state index in [1.54, 1.807) is 0 Å². The number of carbonyl (C=O) groups excluding carboxylic acids is 1. The van der Waals surface area contributed by atoms with Crippen LogP contribution in [-0.2, 0) is 9.53 Å². The summed E-state index contributed by atoms with van der Waals surface area (Å²) >= 11 is 0. The molecule has 2 rings (SSSR count). The molecule has 1 aliphatic heterocycles. The Hall–Kier alpha value is -1.78. The average Bonchev–Trinajstić information content (AvgIpc) is 2.50. The molecule has 1 aromatic carbocycles. The fourth-order valence-corrected chi connectivity index (χ4v) is 1.37. The van der Waals surface area contributed by atoms with Gasteiger partial charge in [-0.05, 0) is 6.08 Å². The topological polar surface area (TPSA) is 26.3 Å². The standard InChI is InChI=1S/C10H5F3O2/c11-5-3-7(12)9(8(13)4-5)6-1-2-15-10(6)14/h1,3-4H,2H2. The van der Waals surface area contributed by atoms with Crippen molar-refractivity contribution >= 4 is 11.5 Å². The maximum Gasteiger partial charge on any atom is 0.339 e. The second-order valence-corrected chi connectivity index (χ2v) is 2.96. The van der Waals surface area contributed by atoms with Crippen LogP contribution in [0.5, 0.6) is 0 Å². The fourth-order valence-electron chi connectivity index (χ4n) is 1.37. The second-order valence-electron chi connectivity index (χ2n) is 2.96. The number of hydrogen-bond donors (Lipinski definition) is 0. The summed E-state index contributed by atoms with van der Waals surface area (Å²) in [4.78, 5) is 11.0. The smallest absolute Gasteiger partial charge is 0.339 e. The summed E-state index contributed by atoms with van der Waals surface area (Å²) in [6.45, 7) is -0.0234. The summed E-state index contributed by atoms with van der Waals surface area (Å²) in [6.07, 6.45) is 1.25. The quantitative estimate of drug-likeness (QED) is 0.668. The monoisotopic (exact) mass is 214 g/mol. The molecule has 0 spiro atoms. The lowest BCUT2D eigenvalue weighted by molar-refractivity contribution is -0.133. The molecule has 0 atom stereocenters. The van der Waals surface area contributed by atoms with E-state index in [0.29, 0.717) is 12.1 Å². The van der Waals surface area contributed by atoms with E-state index in [1.807, 2.05) is 0 Å². The number of rotatable bonds is 1. The van der Waals surface area contributed by atoms with Crippen LogP contribution in [0.15, 0.2) is 18.2 Å². The van der Waals surface area contributed by atoms with Gasteiger partial charge in [0, 0.05) is 12.1 Å². The zero-order chi connectivity index (χ0) is 11.0. The minimum atomic E-state index is -1.11. The summed E-state index contributed by atoms with van der Waals surface area (Å²) in [5.41, 5.74) is -0.746. The zero-order valence-electron chi connectivity index (χ0n) is 7.39. The van der Waals surface area contributed by atoms with Crippen LogP contribution in [0.25, 0.3) is 5.57 Å². The predicted molar refractivity (Wildman–Crippen MR) is 45.3 cm³/mol. The van der Waals surface area contributed by atoms with Gasteiger partial charge in [0.05, 0.1) is 11.1 Å². The van der Waals surface area contributed by atoms with Crippen molar-refractivity contribution < 1.29 is 22.7 Å². The lowest BCUT2D eigenvalue weighted by Crippen LogP contribution is -2.03. The molecule has 0 fully saturated rings. The molecule has 1 aliphatic rings. The first-order valence-corrected chi connectivity index (χ1v) is 4.12. The predicted octanol–water partition coefficient (Wildman–Crippen LogP) is 2.04. The van der Waals surface area contributed by atoms with Crippen LogP contribution < -0.4 is 0 Å². The number of carbonyl (C=O) groups is 1. The minimum absolute atomic E-state index is 0.0234. The summed E-state index contributed by atoms with van der Waals surface area (Å²) in [5, 5.41) is 0. The molecule has 0 amide bonds. The zero-order valence-corrected chi connectivity index (χ0v) is 7.39. The molecule has 2 nitrogen and oxygen atoms in total. The second kappa shape index (κ2) is 3.42. The van der Waals surface area contributed by atoms with Crippen LogP contribution in [-0.4, -0.2) is 12.6 Å². The molecule has 5 heteroatoms. The van der Waals surface area contributed by atoms with Gasteiger partial charge < -0.3 is 4.74 Å². The van der Waals surface area contributed by atoms with Crippen molar-refractivity contribution in [3.05, 3.63) is 41.2 Å². The molecule has 0 saturated carbocycles. The third kappa shape index (κ3) is 1.60. The van der Waals surface area contributed by atoms with Gasteiger partial charge in [-0.1, -0.05) is 0 Å². The molecule has 1 heterocycles. The third-order valence-corrected chi connectivity index (χ3v) is 2.00. The van der Waals surface area contributed by atoms with Crippen molar-refractivity contribution in [3.63, 3.8) is 0 Å². The first kappa shape index (κ1) is 9.76. The van der Waals surface area contributed by atoms with Crippen molar-refractivity contribution in [2.75, 3.05) is 6.61 Å². The number of hydrogen-bond acceptors (Lipinski definition) is 2. The molecule has 0 saturated heterocycles. The molecular weight excluding hydrogens is 209 g/mol. The van der Waals surface area contributed by atoms with E-state index in [-0.39, 0.29) is 12.2 Å². The van der Waals surface area contributed by atoms with Gasteiger partial charge in [0.25, 0.3) is 0 Å². The summed E-state index contributed by atoms with van der Waals surface area (Å²) in [6, 6.07) is 1.04. The van der Waals surface area contributed by atoms with Crippen molar-refractivity contribution in [2.45, 2.75) is 0 Å². The highest BCUT2D eigenvalue weighted by atomic mass is 19.1. The molecule has 0 N–H and O–H groups in total. The van der Waals surface area contributed by atoms with Gasteiger partial charge in [0.2, 0.25) is 0 Å². The Labute approximate surface area is 83.0 Å². The van der Waals surface area contributed by atoms with Gasteiger partial charge in [-0.15, -0.1) is 0 Å². The van der Waals surface area contributed by atoms with E-state index in [9.17, 15) is 18.0 Å². The fraction of sp³-hybridized carbons (Fsp3) is 0.100. The molecule has 15 heavy (non-hydrogen) atoms. The molecule has 1 aromatic rings. The highest BCUT2D eigenvalue weighted by Gasteiger charge is 2.25. The van der Waals surface area contributed by atoms with Gasteiger partial charge in [-0.2, -0.15) is 0 Å². The lowest BCUT2D eigenvalue weighted by Gasteiger charge is -2.03. The molecule has 0 bridgehead atoms. The first-order chi connectivity index (χ1) is 7.09. The summed E-state index contributed by atoms with van der Waals surface area (Å²) in [5.74, 6) is -4.06. The Kier molecular flexibility index (Phi) is 2.22. The molecule has 78 valence electrons. The van der Waals surface area contributed by atoms with Crippen LogP contribution in [0.1, 0.15) is 5.56 Å². The highest BCUT2D eigenvalue weighted by Crippen LogP contribution is 2.26. The Morgan fingerprint density at radius 3 is 2.20 bits per heavy atom. The number of cyclic esters (lactones) is 1. The maximum atomic E-state index is 13.2. The Bertz CT molecular complexity index is 443. The van der Waals surface area contributed by atoms with E-state index in [1.165, 1.54) is 6.08 Å². The van der Waals surface area contributed by atoms with Gasteiger partial charge in [-0.3, -0.25) is 0 Å². The minimum Gasteiger partial charge on any atom is -0.458 e. The number of esters is 1. The third-order valence-electron chi connectivity index (χ3n) is 2.00. The van der Waals surface area contributed by atoms with Crippen LogP contribution in [0.2, 0.25) is 0 Å². The van der Waals surface area contributed by atoms with E-state index < -0.39 is 29.0 Å². The van der Waals surface area contributed by atoms with Gasteiger partial charge in [-0.25, -0.2) is 18.0 Å². The number of ether oxygens (including phenoxy) is 1. The van der Waals surface area contributed by atoms with Gasteiger partial charge >= 0.3 is 5.97 Å². The molecular formula is C10H5F3O2.